The highest BCUT2D eigenvalue weighted by Gasteiger charge is 2.44. The van der Waals surface area contributed by atoms with Crippen LogP contribution in [0.4, 0.5) is 0 Å². The van der Waals surface area contributed by atoms with E-state index in [9.17, 15) is 4.79 Å². The number of carbonyl (C=O) groups is 1. The molecule has 1 N–H and O–H groups in total. The van der Waals surface area contributed by atoms with E-state index < -0.39 is 6.61 Å². The molecule has 28 heavy (non-hydrogen) atoms. The van der Waals surface area contributed by atoms with Crippen LogP contribution in [0, 0.1) is 0 Å². The second kappa shape index (κ2) is 7.16. The van der Waals surface area contributed by atoms with E-state index in [1.807, 2.05) is 36.4 Å². The minimum absolute atomic E-state index is 0.165. The van der Waals surface area contributed by atoms with Crippen LogP contribution in [0.3, 0.4) is 0 Å². The van der Waals surface area contributed by atoms with E-state index in [1.165, 1.54) is 5.56 Å². The SMILES string of the molecule is O=C(CO)N1CN2C[C@@H]1CC2Cc1ccc(Oc2nc3ccccc3s2)cc1. The van der Waals surface area contributed by atoms with Crippen LogP contribution in [-0.4, -0.2) is 57.7 Å². The van der Waals surface area contributed by atoms with Crippen LogP contribution < -0.4 is 4.74 Å². The molecule has 2 aliphatic rings. The second-order valence-corrected chi connectivity index (χ2v) is 8.37. The summed E-state index contributed by atoms with van der Waals surface area (Å²) in [4.78, 5) is 20.4. The predicted octanol–water partition coefficient (Wildman–Crippen LogP) is 2.87. The summed E-state index contributed by atoms with van der Waals surface area (Å²) in [5.74, 6) is 0.623. The molecule has 2 aromatic carbocycles. The molecule has 7 heteroatoms. The number of aliphatic hydroxyl groups is 1. The van der Waals surface area contributed by atoms with Crippen molar-refractivity contribution in [3.05, 3.63) is 54.1 Å². The average molecular weight is 395 g/mol. The maximum absolute atomic E-state index is 11.7. The van der Waals surface area contributed by atoms with E-state index >= 15 is 0 Å². The molecular formula is C21H21N3O3S. The summed E-state index contributed by atoms with van der Waals surface area (Å²) in [7, 11) is 0. The van der Waals surface area contributed by atoms with Crippen molar-refractivity contribution in [3.8, 4) is 10.9 Å². The second-order valence-electron chi connectivity index (χ2n) is 7.38. The van der Waals surface area contributed by atoms with Crippen LogP contribution in [-0.2, 0) is 11.2 Å². The number of para-hydroxylation sites is 1. The first-order valence-electron chi connectivity index (χ1n) is 9.46. The average Bonchev–Trinajstić information content (AvgIpc) is 3.42. The van der Waals surface area contributed by atoms with E-state index in [1.54, 1.807) is 16.2 Å². The molecule has 6 nitrogen and oxygen atoms in total. The van der Waals surface area contributed by atoms with Crippen molar-refractivity contribution in [1.82, 2.24) is 14.8 Å². The standard InChI is InChI=1S/C21H21N3O3S/c25-12-20(26)24-13-23-11-16(24)10-15(23)9-14-5-7-17(8-6-14)27-21-22-18-3-1-2-4-19(18)28-21/h1-8,15-16,25H,9-13H2/t15?,16-/m0/s1. The zero-order valence-corrected chi connectivity index (χ0v) is 16.1. The van der Waals surface area contributed by atoms with Crippen molar-refractivity contribution in [2.45, 2.75) is 24.9 Å². The van der Waals surface area contributed by atoms with Gasteiger partial charge in [0.1, 0.15) is 12.4 Å². The number of amides is 1. The van der Waals surface area contributed by atoms with Crippen LogP contribution in [0.15, 0.2) is 48.5 Å². The summed E-state index contributed by atoms with van der Waals surface area (Å²) < 4.78 is 7.04. The Hall–Kier alpha value is -2.48. The molecule has 3 aromatic rings. The number of aromatic nitrogens is 1. The van der Waals surface area contributed by atoms with Crippen molar-refractivity contribution < 1.29 is 14.6 Å². The van der Waals surface area contributed by atoms with Gasteiger partial charge in [0.2, 0.25) is 5.91 Å². The van der Waals surface area contributed by atoms with Crippen molar-refractivity contribution in [3.63, 3.8) is 0 Å². The third-order valence-corrected chi connectivity index (χ3v) is 6.52. The van der Waals surface area contributed by atoms with Crippen molar-refractivity contribution in [2.24, 2.45) is 0 Å². The van der Waals surface area contributed by atoms with Gasteiger partial charge in [-0.15, -0.1) is 0 Å². The summed E-state index contributed by atoms with van der Waals surface area (Å²) in [5.41, 5.74) is 2.22. The number of rotatable bonds is 5. The molecule has 2 aliphatic heterocycles. The highest BCUT2D eigenvalue weighted by atomic mass is 32.1. The number of carbonyl (C=O) groups excluding carboxylic acids is 1. The number of nitrogens with zero attached hydrogens (tertiary/aromatic N) is 3. The van der Waals surface area contributed by atoms with Crippen molar-refractivity contribution in [2.75, 3.05) is 19.8 Å². The number of fused-ring (bicyclic) bond motifs is 3. The molecule has 144 valence electrons. The fourth-order valence-electron chi connectivity index (χ4n) is 4.21. The zero-order chi connectivity index (χ0) is 19.1. The van der Waals surface area contributed by atoms with Crippen molar-refractivity contribution >= 4 is 27.5 Å². The van der Waals surface area contributed by atoms with Gasteiger partial charge in [0.05, 0.1) is 16.9 Å². The molecule has 5 rings (SSSR count). The first-order chi connectivity index (χ1) is 13.7. The topological polar surface area (TPSA) is 65.9 Å². The molecule has 0 saturated carbocycles. The third kappa shape index (κ3) is 3.26. The lowest BCUT2D eigenvalue weighted by Gasteiger charge is -2.32. The fourth-order valence-corrected chi connectivity index (χ4v) is 5.05. The largest absolute Gasteiger partial charge is 0.431 e. The molecule has 0 radical (unpaired) electrons. The Morgan fingerprint density at radius 3 is 2.75 bits per heavy atom. The Labute approximate surface area is 167 Å². The molecule has 1 aromatic heterocycles. The Morgan fingerprint density at radius 2 is 2.04 bits per heavy atom. The maximum atomic E-state index is 11.7. The van der Waals surface area contributed by atoms with Crippen LogP contribution in [0.5, 0.6) is 10.9 Å². The number of hydrogen-bond donors (Lipinski definition) is 1. The van der Waals surface area contributed by atoms with Crippen molar-refractivity contribution in [1.29, 1.82) is 0 Å². The number of thiazole rings is 1. The van der Waals surface area contributed by atoms with Gasteiger partial charge in [0, 0.05) is 18.6 Å². The monoisotopic (exact) mass is 395 g/mol. The molecule has 3 heterocycles. The van der Waals surface area contributed by atoms with Gasteiger partial charge in [-0.1, -0.05) is 35.6 Å². The van der Waals surface area contributed by atoms with Crippen LogP contribution >= 0.6 is 11.3 Å². The van der Waals surface area contributed by atoms with E-state index in [0.717, 1.165) is 35.4 Å². The van der Waals surface area contributed by atoms with E-state index in [-0.39, 0.29) is 11.9 Å². The van der Waals surface area contributed by atoms with Crippen LogP contribution in [0.25, 0.3) is 10.2 Å². The predicted molar refractivity (Wildman–Crippen MR) is 108 cm³/mol. The van der Waals surface area contributed by atoms with Gasteiger partial charge in [-0.3, -0.25) is 9.69 Å². The molecule has 0 aliphatic carbocycles. The summed E-state index contributed by atoms with van der Waals surface area (Å²) >= 11 is 1.54. The van der Waals surface area contributed by atoms with Gasteiger partial charge in [-0.05, 0) is 42.7 Å². The molecule has 2 unspecified atom stereocenters. The molecular weight excluding hydrogens is 374 g/mol. The third-order valence-electron chi connectivity index (χ3n) is 5.61. The first-order valence-corrected chi connectivity index (χ1v) is 10.3. The van der Waals surface area contributed by atoms with Crippen LogP contribution in [0.1, 0.15) is 12.0 Å². The molecule has 1 amide bonds. The van der Waals surface area contributed by atoms with Crippen LogP contribution in [0.2, 0.25) is 0 Å². The van der Waals surface area contributed by atoms with Gasteiger partial charge in [0.15, 0.2) is 0 Å². The Bertz CT molecular complexity index is 971. The first kappa shape index (κ1) is 17.6. The summed E-state index contributed by atoms with van der Waals surface area (Å²) in [5, 5.41) is 9.73. The molecule has 2 fully saturated rings. The van der Waals surface area contributed by atoms with Gasteiger partial charge in [0.25, 0.3) is 5.19 Å². The fraction of sp³-hybridized carbons (Fsp3) is 0.333. The lowest BCUT2D eigenvalue weighted by atomic mass is 10.0. The lowest BCUT2D eigenvalue weighted by molar-refractivity contribution is -0.136. The molecule has 2 bridgehead atoms. The Kier molecular flexibility index (Phi) is 4.50. The quantitative estimate of drug-likeness (QED) is 0.720. The molecule has 3 atom stereocenters. The molecule has 0 spiro atoms. The van der Waals surface area contributed by atoms with Gasteiger partial charge in [-0.2, -0.15) is 0 Å². The normalized spacial score (nSPS) is 23.5. The lowest BCUT2D eigenvalue weighted by Crippen LogP contribution is -2.45. The number of hydrogen-bond acceptors (Lipinski definition) is 6. The van der Waals surface area contributed by atoms with E-state index in [0.29, 0.717) is 17.9 Å². The Morgan fingerprint density at radius 1 is 1.21 bits per heavy atom. The maximum Gasteiger partial charge on any atom is 0.279 e. The number of ether oxygens (including phenoxy) is 1. The molecule has 2 saturated heterocycles. The Balaban J connectivity index is 1.21. The number of aliphatic hydroxyl groups excluding tert-OH is 1. The van der Waals surface area contributed by atoms with Gasteiger partial charge >= 0.3 is 0 Å². The van der Waals surface area contributed by atoms with Gasteiger partial charge < -0.3 is 14.7 Å². The van der Waals surface area contributed by atoms with E-state index in [2.05, 4.69) is 22.0 Å². The summed E-state index contributed by atoms with van der Waals surface area (Å²) in [6, 6.07) is 16.9. The number of benzene rings is 2. The van der Waals surface area contributed by atoms with Gasteiger partial charge in [-0.25, -0.2) is 4.98 Å². The minimum atomic E-state index is -0.398. The summed E-state index contributed by atoms with van der Waals surface area (Å²) in [6.45, 7) is 1.15. The van der Waals surface area contributed by atoms with E-state index in [4.69, 9.17) is 9.84 Å². The zero-order valence-electron chi connectivity index (χ0n) is 15.3. The summed E-state index contributed by atoms with van der Waals surface area (Å²) in [6.07, 6.45) is 1.93. The highest BCUT2D eigenvalue weighted by molar-refractivity contribution is 7.20. The minimum Gasteiger partial charge on any atom is -0.431 e. The highest BCUT2D eigenvalue weighted by Crippen LogP contribution is 2.33. The smallest absolute Gasteiger partial charge is 0.279 e.